The number of carbonyl (C=O) groups is 1. The zero-order valence-corrected chi connectivity index (χ0v) is 12.6. The third-order valence-corrected chi connectivity index (χ3v) is 3.39. The molecule has 1 aromatic rings. The number of anilines is 1. The minimum atomic E-state index is -4.39. The van der Waals surface area contributed by atoms with Crippen molar-refractivity contribution in [3.05, 3.63) is 29.3 Å². The number of carbonyl (C=O) groups excluding carboxylic acids is 1. The molecule has 0 aliphatic heterocycles. The molecule has 0 fully saturated rings. The second kappa shape index (κ2) is 6.83. The summed E-state index contributed by atoms with van der Waals surface area (Å²) in [6.07, 6.45) is -4.39. The highest BCUT2D eigenvalue weighted by atomic mass is 19.4. The van der Waals surface area contributed by atoms with Crippen LogP contribution in [0, 0.1) is 12.8 Å². The van der Waals surface area contributed by atoms with Crippen LogP contribution in [0.3, 0.4) is 0 Å². The van der Waals surface area contributed by atoms with E-state index < -0.39 is 11.7 Å². The first-order valence-electron chi connectivity index (χ1n) is 6.82. The average Bonchev–Trinajstić information content (AvgIpc) is 2.36. The van der Waals surface area contributed by atoms with Gasteiger partial charge in [-0.2, -0.15) is 13.2 Å². The van der Waals surface area contributed by atoms with Crippen LogP contribution >= 0.6 is 0 Å². The quantitative estimate of drug-likeness (QED) is 0.873. The van der Waals surface area contributed by atoms with Crippen LogP contribution in [0.2, 0.25) is 0 Å². The van der Waals surface area contributed by atoms with E-state index in [4.69, 9.17) is 0 Å². The maximum Gasteiger partial charge on any atom is 0.416 e. The third-order valence-electron chi connectivity index (χ3n) is 3.39. The Morgan fingerprint density at radius 2 is 1.86 bits per heavy atom. The molecule has 0 aromatic heterocycles. The summed E-state index contributed by atoms with van der Waals surface area (Å²) >= 11 is 0. The van der Waals surface area contributed by atoms with Gasteiger partial charge in [-0.1, -0.05) is 19.9 Å². The van der Waals surface area contributed by atoms with Crippen molar-refractivity contribution in [3.63, 3.8) is 0 Å². The van der Waals surface area contributed by atoms with Gasteiger partial charge in [-0.3, -0.25) is 4.79 Å². The highest BCUT2D eigenvalue weighted by molar-refractivity contribution is 5.81. The first-order chi connectivity index (χ1) is 9.61. The van der Waals surface area contributed by atoms with Gasteiger partial charge in [0.2, 0.25) is 5.91 Å². The number of hydrogen-bond donors (Lipinski definition) is 2. The molecule has 118 valence electrons. The Kier molecular flexibility index (Phi) is 5.63. The van der Waals surface area contributed by atoms with Crippen molar-refractivity contribution in [1.29, 1.82) is 0 Å². The van der Waals surface area contributed by atoms with E-state index in [0.29, 0.717) is 17.2 Å². The lowest BCUT2D eigenvalue weighted by atomic mass is 10.1. The zero-order chi connectivity index (χ0) is 16.2. The van der Waals surface area contributed by atoms with Crippen molar-refractivity contribution in [3.8, 4) is 0 Å². The van der Waals surface area contributed by atoms with Crippen LogP contribution in [0.25, 0.3) is 0 Å². The summed E-state index contributed by atoms with van der Waals surface area (Å²) < 4.78 is 38.0. The van der Waals surface area contributed by atoms with Gasteiger partial charge >= 0.3 is 6.18 Å². The van der Waals surface area contributed by atoms with E-state index >= 15 is 0 Å². The van der Waals surface area contributed by atoms with Crippen LogP contribution < -0.4 is 10.6 Å². The summed E-state index contributed by atoms with van der Waals surface area (Å²) in [6.45, 7) is 7.49. The Morgan fingerprint density at radius 3 is 2.38 bits per heavy atom. The number of alkyl halides is 3. The number of hydrogen-bond acceptors (Lipinski definition) is 2. The predicted molar refractivity (Wildman–Crippen MR) is 77.1 cm³/mol. The van der Waals surface area contributed by atoms with Gasteiger partial charge in [0, 0.05) is 11.7 Å². The molecule has 0 bridgehead atoms. The SMILES string of the molecule is Cc1ccc(C(F)(F)F)cc1NCC(=O)NC(C)C(C)C. The molecule has 0 heterocycles. The second-order valence-corrected chi connectivity index (χ2v) is 5.48. The fraction of sp³-hybridized carbons (Fsp3) is 0.533. The molecule has 1 atom stereocenters. The van der Waals surface area contributed by atoms with Gasteiger partial charge in [-0.05, 0) is 37.5 Å². The smallest absolute Gasteiger partial charge is 0.376 e. The Hall–Kier alpha value is -1.72. The lowest BCUT2D eigenvalue weighted by Gasteiger charge is -2.18. The fourth-order valence-corrected chi connectivity index (χ4v) is 1.64. The maximum absolute atomic E-state index is 12.7. The molecular weight excluding hydrogens is 281 g/mol. The number of nitrogens with one attached hydrogen (secondary N) is 2. The van der Waals surface area contributed by atoms with E-state index in [2.05, 4.69) is 10.6 Å². The van der Waals surface area contributed by atoms with E-state index in [1.54, 1.807) is 6.92 Å². The lowest BCUT2D eigenvalue weighted by Crippen LogP contribution is -2.39. The van der Waals surface area contributed by atoms with Gasteiger partial charge in [-0.25, -0.2) is 0 Å². The van der Waals surface area contributed by atoms with Crippen LogP contribution in [-0.4, -0.2) is 18.5 Å². The molecule has 0 saturated heterocycles. The standard InChI is InChI=1S/C15H21F3N2O/c1-9(2)11(4)20-14(21)8-19-13-7-12(15(16,17)18)6-5-10(13)3/h5-7,9,11,19H,8H2,1-4H3,(H,20,21). The fourth-order valence-electron chi connectivity index (χ4n) is 1.64. The van der Waals surface area contributed by atoms with Crippen LogP contribution in [0.4, 0.5) is 18.9 Å². The molecule has 1 amide bonds. The summed E-state index contributed by atoms with van der Waals surface area (Å²) in [5.74, 6) is 0.0530. The molecule has 0 spiro atoms. The molecule has 1 unspecified atom stereocenters. The molecule has 1 rings (SSSR count). The average molecular weight is 302 g/mol. The van der Waals surface area contributed by atoms with Gasteiger partial charge in [0.05, 0.1) is 12.1 Å². The van der Waals surface area contributed by atoms with Crippen LogP contribution in [-0.2, 0) is 11.0 Å². The van der Waals surface area contributed by atoms with Crippen molar-refractivity contribution in [2.24, 2.45) is 5.92 Å². The molecule has 0 radical (unpaired) electrons. The highest BCUT2D eigenvalue weighted by Crippen LogP contribution is 2.31. The maximum atomic E-state index is 12.7. The first-order valence-corrected chi connectivity index (χ1v) is 6.82. The second-order valence-electron chi connectivity index (χ2n) is 5.48. The van der Waals surface area contributed by atoms with Crippen molar-refractivity contribution in [2.45, 2.75) is 39.9 Å². The Labute approximate surface area is 122 Å². The summed E-state index contributed by atoms with van der Waals surface area (Å²) in [7, 11) is 0. The van der Waals surface area contributed by atoms with Gasteiger partial charge in [0.1, 0.15) is 0 Å². The summed E-state index contributed by atoms with van der Waals surface area (Å²) in [4.78, 5) is 11.7. The van der Waals surface area contributed by atoms with E-state index in [1.165, 1.54) is 6.07 Å². The van der Waals surface area contributed by atoms with Crippen molar-refractivity contribution in [2.75, 3.05) is 11.9 Å². The minimum absolute atomic E-state index is 0.0157. The highest BCUT2D eigenvalue weighted by Gasteiger charge is 2.30. The van der Waals surface area contributed by atoms with E-state index in [0.717, 1.165) is 12.1 Å². The Balaban J connectivity index is 2.69. The third kappa shape index (κ3) is 5.28. The van der Waals surface area contributed by atoms with E-state index in [9.17, 15) is 18.0 Å². The van der Waals surface area contributed by atoms with Crippen molar-refractivity contribution in [1.82, 2.24) is 5.32 Å². The first kappa shape index (κ1) is 17.3. The van der Waals surface area contributed by atoms with Crippen LogP contribution in [0.15, 0.2) is 18.2 Å². The van der Waals surface area contributed by atoms with Crippen LogP contribution in [0.1, 0.15) is 31.9 Å². The number of amides is 1. The minimum Gasteiger partial charge on any atom is -0.376 e. The molecule has 1 aromatic carbocycles. The van der Waals surface area contributed by atoms with Crippen molar-refractivity contribution < 1.29 is 18.0 Å². The topological polar surface area (TPSA) is 41.1 Å². The lowest BCUT2D eigenvalue weighted by molar-refractivity contribution is -0.137. The van der Waals surface area contributed by atoms with E-state index in [1.807, 2.05) is 20.8 Å². The molecule has 0 aliphatic carbocycles. The molecule has 0 aliphatic rings. The number of halogens is 3. The zero-order valence-electron chi connectivity index (χ0n) is 12.6. The molecule has 21 heavy (non-hydrogen) atoms. The summed E-state index contributed by atoms with van der Waals surface area (Å²) in [5, 5.41) is 5.55. The Bertz CT molecular complexity index is 498. The monoisotopic (exact) mass is 302 g/mol. The van der Waals surface area contributed by atoms with Gasteiger partial charge in [0.15, 0.2) is 0 Å². The number of aryl methyl sites for hydroxylation is 1. The molecule has 3 nitrogen and oxygen atoms in total. The predicted octanol–water partition coefficient (Wildman–Crippen LogP) is 3.59. The van der Waals surface area contributed by atoms with Crippen LogP contribution in [0.5, 0.6) is 0 Å². The normalized spacial score (nSPS) is 13.1. The van der Waals surface area contributed by atoms with Gasteiger partial charge in [0.25, 0.3) is 0 Å². The summed E-state index contributed by atoms with van der Waals surface area (Å²) in [5.41, 5.74) is 0.247. The van der Waals surface area contributed by atoms with Gasteiger partial charge < -0.3 is 10.6 Å². The number of rotatable bonds is 5. The summed E-state index contributed by atoms with van der Waals surface area (Å²) in [6, 6.07) is 3.46. The van der Waals surface area contributed by atoms with E-state index in [-0.39, 0.29) is 18.5 Å². The van der Waals surface area contributed by atoms with Crippen molar-refractivity contribution >= 4 is 11.6 Å². The Morgan fingerprint density at radius 1 is 1.24 bits per heavy atom. The molecule has 2 N–H and O–H groups in total. The largest absolute Gasteiger partial charge is 0.416 e. The molecule has 0 saturated carbocycles. The van der Waals surface area contributed by atoms with Gasteiger partial charge in [-0.15, -0.1) is 0 Å². The molecular formula is C15H21F3N2O. The molecule has 6 heteroatoms. The number of benzene rings is 1.